The zero-order chi connectivity index (χ0) is 21.8. The third kappa shape index (κ3) is 7.61. The van der Waals surface area contributed by atoms with Gasteiger partial charge in [0.05, 0.1) is 19.4 Å². The lowest BCUT2D eigenvalue weighted by atomic mass is 10.1. The molecule has 0 atom stereocenters. The second kappa shape index (κ2) is 12.8. The third-order valence-electron chi connectivity index (χ3n) is 4.71. The lowest BCUT2D eigenvalue weighted by Gasteiger charge is -2.13. The summed E-state index contributed by atoms with van der Waals surface area (Å²) in [4.78, 5) is 4.69. The first-order chi connectivity index (χ1) is 14.6. The number of aryl methyl sites for hydroxylation is 4. The fourth-order valence-corrected chi connectivity index (χ4v) is 3.30. The summed E-state index contributed by atoms with van der Waals surface area (Å²) in [6, 6.07) is 8.25. The summed E-state index contributed by atoms with van der Waals surface area (Å²) in [5.74, 6) is 2.46. The Morgan fingerprint density at radius 3 is 2.60 bits per heavy atom. The SMILES string of the molecule is CCNC(=NCCCn1nc(C)cc1C)NCCCc1ccc(OC)c(OCC)c1. The van der Waals surface area contributed by atoms with E-state index in [1.807, 2.05) is 19.9 Å². The van der Waals surface area contributed by atoms with Gasteiger partial charge in [-0.2, -0.15) is 5.10 Å². The maximum atomic E-state index is 5.66. The van der Waals surface area contributed by atoms with E-state index < -0.39 is 0 Å². The molecule has 30 heavy (non-hydrogen) atoms. The number of hydrogen-bond donors (Lipinski definition) is 2. The minimum atomic E-state index is 0.628. The second-order valence-electron chi connectivity index (χ2n) is 7.21. The lowest BCUT2D eigenvalue weighted by molar-refractivity contribution is 0.310. The summed E-state index contributed by atoms with van der Waals surface area (Å²) in [6.07, 6.45) is 2.94. The molecule has 0 spiro atoms. The molecule has 0 saturated carbocycles. The number of benzene rings is 1. The fraction of sp³-hybridized carbons (Fsp3) is 0.565. The summed E-state index contributed by atoms with van der Waals surface area (Å²) in [5.41, 5.74) is 3.51. The van der Waals surface area contributed by atoms with E-state index in [0.29, 0.717) is 6.61 Å². The summed E-state index contributed by atoms with van der Waals surface area (Å²) >= 11 is 0. The van der Waals surface area contributed by atoms with Crippen molar-refractivity contribution in [2.75, 3.05) is 33.4 Å². The van der Waals surface area contributed by atoms with Gasteiger partial charge in [0.15, 0.2) is 17.5 Å². The molecule has 0 radical (unpaired) electrons. The number of rotatable bonds is 12. The first kappa shape index (κ1) is 23.6. The normalized spacial score (nSPS) is 11.4. The van der Waals surface area contributed by atoms with Gasteiger partial charge in [0.1, 0.15) is 0 Å². The van der Waals surface area contributed by atoms with Crippen LogP contribution in [0.2, 0.25) is 0 Å². The van der Waals surface area contributed by atoms with Crippen molar-refractivity contribution in [1.82, 2.24) is 20.4 Å². The van der Waals surface area contributed by atoms with Crippen molar-refractivity contribution >= 4 is 5.96 Å². The van der Waals surface area contributed by atoms with Crippen molar-refractivity contribution < 1.29 is 9.47 Å². The van der Waals surface area contributed by atoms with E-state index in [0.717, 1.165) is 68.6 Å². The van der Waals surface area contributed by atoms with Gasteiger partial charge in [-0.15, -0.1) is 0 Å². The van der Waals surface area contributed by atoms with Crippen molar-refractivity contribution in [3.63, 3.8) is 0 Å². The van der Waals surface area contributed by atoms with E-state index in [1.165, 1.54) is 11.3 Å². The molecule has 1 aromatic heterocycles. The highest BCUT2D eigenvalue weighted by molar-refractivity contribution is 5.79. The highest BCUT2D eigenvalue weighted by Crippen LogP contribution is 2.28. The number of guanidine groups is 1. The van der Waals surface area contributed by atoms with Crippen LogP contribution in [0.4, 0.5) is 0 Å². The highest BCUT2D eigenvalue weighted by Gasteiger charge is 2.06. The van der Waals surface area contributed by atoms with Gasteiger partial charge >= 0.3 is 0 Å². The molecule has 0 saturated heterocycles. The van der Waals surface area contributed by atoms with Crippen LogP contribution >= 0.6 is 0 Å². The van der Waals surface area contributed by atoms with Crippen LogP contribution in [0.3, 0.4) is 0 Å². The molecule has 2 rings (SSSR count). The standard InChI is InChI=1S/C23H37N5O2/c1-6-24-23(26-14-9-15-28-19(4)16-18(3)27-28)25-13-8-10-20-11-12-21(29-5)22(17-20)30-7-2/h11-12,16-17H,6-10,13-15H2,1-5H3,(H2,24,25,26). The van der Waals surface area contributed by atoms with Crippen molar-refractivity contribution in [2.24, 2.45) is 4.99 Å². The molecule has 0 bridgehead atoms. The van der Waals surface area contributed by atoms with Crippen LogP contribution in [-0.4, -0.2) is 49.1 Å². The van der Waals surface area contributed by atoms with Crippen LogP contribution in [-0.2, 0) is 13.0 Å². The zero-order valence-corrected chi connectivity index (χ0v) is 19.1. The number of hydrogen-bond acceptors (Lipinski definition) is 4. The van der Waals surface area contributed by atoms with E-state index >= 15 is 0 Å². The van der Waals surface area contributed by atoms with E-state index in [2.05, 4.69) is 57.5 Å². The number of nitrogens with one attached hydrogen (secondary N) is 2. The number of methoxy groups -OCH3 is 1. The molecule has 0 amide bonds. The Kier molecular flexibility index (Phi) is 10.0. The molecule has 7 nitrogen and oxygen atoms in total. The van der Waals surface area contributed by atoms with Crippen LogP contribution in [0.25, 0.3) is 0 Å². The third-order valence-corrected chi connectivity index (χ3v) is 4.71. The Labute approximate surface area is 180 Å². The lowest BCUT2D eigenvalue weighted by Crippen LogP contribution is -2.38. The van der Waals surface area contributed by atoms with Crippen LogP contribution in [0.1, 0.15) is 43.6 Å². The van der Waals surface area contributed by atoms with E-state index in [9.17, 15) is 0 Å². The number of aromatic nitrogens is 2. The largest absolute Gasteiger partial charge is 0.493 e. The molecule has 0 unspecified atom stereocenters. The number of aliphatic imine (C=N–C) groups is 1. The summed E-state index contributed by atoms with van der Waals surface area (Å²) < 4.78 is 13.1. The molecule has 2 aromatic rings. The summed E-state index contributed by atoms with van der Waals surface area (Å²) in [5, 5.41) is 11.2. The van der Waals surface area contributed by atoms with Gasteiger partial charge in [-0.25, -0.2) is 0 Å². The van der Waals surface area contributed by atoms with E-state index in [4.69, 9.17) is 9.47 Å². The topological polar surface area (TPSA) is 72.7 Å². The highest BCUT2D eigenvalue weighted by atomic mass is 16.5. The van der Waals surface area contributed by atoms with Crippen molar-refractivity contribution in [1.29, 1.82) is 0 Å². The molecule has 0 aliphatic heterocycles. The van der Waals surface area contributed by atoms with Crippen LogP contribution < -0.4 is 20.1 Å². The average Bonchev–Trinajstić information content (AvgIpc) is 3.05. The quantitative estimate of drug-likeness (QED) is 0.315. The Balaban J connectivity index is 1.76. The number of ether oxygens (including phenoxy) is 2. The molecule has 1 heterocycles. The Hall–Kier alpha value is -2.70. The molecular formula is C23H37N5O2. The van der Waals surface area contributed by atoms with Gasteiger partial charge in [-0.1, -0.05) is 6.07 Å². The van der Waals surface area contributed by atoms with Crippen molar-refractivity contribution in [2.45, 2.75) is 53.5 Å². The molecule has 7 heteroatoms. The molecule has 0 fully saturated rings. The summed E-state index contributed by atoms with van der Waals surface area (Å²) in [7, 11) is 1.67. The Bertz CT molecular complexity index is 801. The molecule has 2 N–H and O–H groups in total. The maximum Gasteiger partial charge on any atom is 0.191 e. The van der Waals surface area contributed by atoms with Crippen LogP contribution in [0.5, 0.6) is 11.5 Å². The minimum absolute atomic E-state index is 0.628. The van der Waals surface area contributed by atoms with Crippen LogP contribution in [0, 0.1) is 13.8 Å². The van der Waals surface area contributed by atoms with Crippen LogP contribution in [0.15, 0.2) is 29.3 Å². The average molecular weight is 416 g/mol. The smallest absolute Gasteiger partial charge is 0.191 e. The molecule has 166 valence electrons. The molecule has 0 aliphatic carbocycles. The Morgan fingerprint density at radius 2 is 1.93 bits per heavy atom. The molecule has 0 aliphatic rings. The zero-order valence-electron chi connectivity index (χ0n) is 19.1. The van der Waals surface area contributed by atoms with Gasteiger partial charge in [-0.05, 0) is 70.7 Å². The first-order valence-electron chi connectivity index (χ1n) is 10.9. The van der Waals surface area contributed by atoms with Gasteiger partial charge in [0, 0.05) is 31.9 Å². The second-order valence-corrected chi connectivity index (χ2v) is 7.21. The van der Waals surface area contributed by atoms with E-state index in [-0.39, 0.29) is 0 Å². The van der Waals surface area contributed by atoms with E-state index in [1.54, 1.807) is 7.11 Å². The van der Waals surface area contributed by atoms with Gasteiger partial charge in [0.2, 0.25) is 0 Å². The maximum absolute atomic E-state index is 5.66. The number of nitrogens with zero attached hydrogens (tertiary/aromatic N) is 3. The molecule has 1 aromatic carbocycles. The van der Waals surface area contributed by atoms with Gasteiger partial charge < -0.3 is 20.1 Å². The van der Waals surface area contributed by atoms with Gasteiger partial charge in [-0.3, -0.25) is 9.67 Å². The van der Waals surface area contributed by atoms with Crippen molar-refractivity contribution in [3.8, 4) is 11.5 Å². The first-order valence-corrected chi connectivity index (χ1v) is 10.9. The monoisotopic (exact) mass is 415 g/mol. The van der Waals surface area contributed by atoms with Gasteiger partial charge in [0.25, 0.3) is 0 Å². The fourth-order valence-electron chi connectivity index (χ4n) is 3.30. The molecular weight excluding hydrogens is 378 g/mol. The predicted molar refractivity (Wildman–Crippen MR) is 123 cm³/mol. The van der Waals surface area contributed by atoms with Crippen molar-refractivity contribution in [3.05, 3.63) is 41.2 Å². The predicted octanol–water partition coefficient (Wildman–Crippen LogP) is 3.49. The summed E-state index contributed by atoms with van der Waals surface area (Å²) in [6.45, 7) is 12.2. The Morgan fingerprint density at radius 1 is 1.10 bits per heavy atom. The minimum Gasteiger partial charge on any atom is -0.493 e.